The molecular weight excluding hydrogens is 729 g/mol. The van der Waals surface area contributed by atoms with Gasteiger partial charge in [-0.2, -0.15) is 11.8 Å². The summed E-state index contributed by atoms with van der Waals surface area (Å²) in [6.07, 6.45) is 80.1. The number of rotatable bonds is 56. The van der Waals surface area contributed by atoms with Crippen molar-refractivity contribution in [3.63, 3.8) is 0 Å². The summed E-state index contributed by atoms with van der Waals surface area (Å²) in [6, 6.07) is 0. The molecule has 0 aliphatic rings. The first-order valence-corrected chi connectivity index (χ1v) is 30.1. The maximum Gasteiger partial charge on any atom is -0.00675 e. The van der Waals surface area contributed by atoms with Gasteiger partial charge in [-0.3, -0.25) is 0 Å². The van der Waals surface area contributed by atoms with Gasteiger partial charge in [0.2, 0.25) is 0 Å². The lowest BCUT2D eigenvalue weighted by Gasteiger charge is -2.05. The Labute approximate surface area is 382 Å². The number of unbranched alkanes of at least 4 members (excludes halogenated alkanes) is 52. The summed E-state index contributed by atoms with van der Waals surface area (Å²) in [4.78, 5) is 0. The summed E-state index contributed by atoms with van der Waals surface area (Å²) in [5.41, 5.74) is 0. The van der Waals surface area contributed by atoms with Gasteiger partial charge in [-0.05, 0) is 24.3 Å². The van der Waals surface area contributed by atoms with E-state index in [4.69, 9.17) is 0 Å². The molecule has 0 heterocycles. The molecule has 356 valence electrons. The van der Waals surface area contributed by atoms with Crippen molar-refractivity contribution in [2.45, 2.75) is 361 Å². The molecule has 59 heavy (non-hydrogen) atoms. The predicted octanol–water partition coefficient (Wildman–Crippen LogP) is 22.8. The molecule has 0 aromatic heterocycles. The molecule has 0 saturated carbocycles. The number of hydrogen-bond acceptors (Lipinski definition) is 1. The fourth-order valence-electron chi connectivity index (χ4n) is 9.50. The van der Waals surface area contributed by atoms with Crippen LogP contribution < -0.4 is 0 Å². The zero-order valence-electron chi connectivity index (χ0n) is 42.0. The molecular formula is C58H118S. The molecule has 0 bridgehead atoms. The monoisotopic (exact) mass is 847 g/mol. The summed E-state index contributed by atoms with van der Waals surface area (Å²) in [5, 5.41) is 0. The lowest BCUT2D eigenvalue weighted by molar-refractivity contribution is 0.515. The van der Waals surface area contributed by atoms with Gasteiger partial charge in [-0.25, -0.2) is 0 Å². The first kappa shape index (κ1) is 59.4. The standard InChI is InChI=1S/C58H118S/c1-3-5-7-9-11-13-15-17-19-21-23-25-27-29-31-33-35-37-39-41-43-45-47-49-51-53-55-57-59-58-56-54-52-50-48-46-44-42-40-38-36-34-32-30-28-26-24-22-20-18-16-14-12-10-8-6-4-2/h3-58H2,1-2H3. The third kappa shape index (κ3) is 58.4. The van der Waals surface area contributed by atoms with Crippen molar-refractivity contribution >= 4 is 11.8 Å². The summed E-state index contributed by atoms with van der Waals surface area (Å²) < 4.78 is 0. The van der Waals surface area contributed by atoms with Crippen molar-refractivity contribution in [3.05, 3.63) is 0 Å². The second-order valence-electron chi connectivity index (χ2n) is 20.0. The van der Waals surface area contributed by atoms with Crippen molar-refractivity contribution in [2.24, 2.45) is 0 Å². The Morgan fingerprint density at radius 2 is 0.237 bits per heavy atom. The SMILES string of the molecule is CCCCCCCCCCCCCCCCCCCCCCCCCCCCCSCCCCCCCCCCCCCCCCCCCCCCCCCCCCC. The summed E-state index contributed by atoms with van der Waals surface area (Å²) >= 11 is 2.24. The number of hydrogen-bond donors (Lipinski definition) is 0. The lowest BCUT2D eigenvalue weighted by atomic mass is 10.0. The van der Waals surface area contributed by atoms with Gasteiger partial charge >= 0.3 is 0 Å². The molecule has 1 heteroatoms. The molecule has 0 aromatic rings. The van der Waals surface area contributed by atoms with Crippen molar-refractivity contribution in [1.82, 2.24) is 0 Å². The Balaban J connectivity index is 3.06. The second kappa shape index (κ2) is 58.4. The van der Waals surface area contributed by atoms with Crippen LogP contribution in [0, 0.1) is 0 Å². The van der Waals surface area contributed by atoms with Gasteiger partial charge in [0.25, 0.3) is 0 Å². The molecule has 0 unspecified atom stereocenters. The topological polar surface area (TPSA) is 0 Å². The van der Waals surface area contributed by atoms with E-state index in [1.165, 1.54) is 358 Å². The van der Waals surface area contributed by atoms with Gasteiger partial charge in [-0.15, -0.1) is 0 Å². The first-order chi connectivity index (χ1) is 29.4. The van der Waals surface area contributed by atoms with Crippen LogP contribution in [0.15, 0.2) is 0 Å². The van der Waals surface area contributed by atoms with E-state index >= 15 is 0 Å². The van der Waals surface area contributed by atoms with Crippen molar-refractivity contribution in [1.29, 1.82) is 0 Å². The molecule has 0 N–H and O–H groups in total. The quantitative estimate of drug-likeness (QED) is 0.0550. The molecule has 0 aliphatic heterocycles. The molecule has 0 aliphatic carbocycles. The van der Waals surface area contributed by atoms with Gasteiger partial charge in [0, 0.05) is 0 Å². The smallest absolute Gasteiger partial charge is 0.00675 e. The van der Waals surface area contributed by atoms with Gasteiger partial charge in [0.05, 0.1) is 0 Å². The molecule has 0 rings (SSSR count). The van der Waals surface area contributed by atoms with Gasteiger partial charge in [0.15, 0.2) is 0 Å². The van der Waals surface area contributed by atoms with E-state index in [-0.39, 0.29) is 0 Å². The Morgan fingerprint density at radius 3 is 0.356 bits per heavy atom. The predicted molar refractivity (Wildman–Crippen MR) is 278 cm³/mol. The lowest BCUT2D eigenvalue weighted by Crippen LogP contribution is -1.87. The van der Waals surface area contributed by atoms with Crippen LogP contribution in [-0.4, -0.2) is 11.5 Å². The Kier molecular flexibility index (Phi) is 58.7. The highest BCUT2D eigenvalue weighted by Gasteiger charge is 1.99. The minimum Gasteiger partial charge on any atom is -0.162 e. The van der Waals surface area contributed by atoms with Gasteiger partial charge in [0.1, 0.15) is 0 Å². The van der Waals surface area contributed by atoms with Crippen molar-refractivity contribution in [2.75, 3.05) is 11.5 Å². The van der Waals surface area contributed by atoms with Crippen LogP contribution in [0.2, 0.25) is 0 Å². The summed E-state index contributed by atoms with van der Waals surface area (Å²) in [6.45, 7) is 4.63. The molecule has 0 nitrogen and oxygen atoms in total. The molecule has 0 saturated heterocycles. The fraction of sp³-hybridized carbons (Fsp3) is 1.00. The average molecular weight is 848 g/mol. The number of thioether (sulfide) groups is 1. The van der Waals surface area contributed by atoms with E-state index in [2.05, 4.69) is 25.6 Å². The third-order valence-corrected chi connectivity index (χ3v) is 14.9. The van der Waals surface area contributed by atoms with E-state index in [9.17, 15) is 0 Å². The van der Waals surface area contributed by atoms with Crippen LogP contribution in [0.3, 0.4) is 0 Å². The fourth-order valence-corrected chi connectivity index (χ4v) is 10.5. The van der Waals surface area contributed by atoms with Crippen LogP contribution in [0.5, 0.6) is 0 Å². The Morgan fingerprint density at radius 1 is 0.136 bits per heavy atom. The van der Waals surface area contributed by atoms with Crippen LogP contribution in [0.4, 0.5) is 0 Å². The Hall–Kier alpha value is 0.350. The molecule has 0 aromatic carbocycles. The molecule has 0 atom stereocenters. The van der Waals surface area contributed by atoms with E-state index in [0.29, 0.717) is 0 Å². The highest BCUT2D eigenvalue weighted by molar-refractivity contribution is 7.99. The third-order valence-electron chi connectivity index (χ3n) is 13.8. The highest BCUT2D eigenvalue weighted by atomic mass is 32.2. The van der Waals surface area contributed by atoms with Crippen molar-refractivity contribution in [3.8, 4) is 0 Å². The highest BCUT2D eigenvalue weighted by Crippen LogP contribution is 2.19. The largest absolute Gasteiger partial charge is 0.162 e. The second-order valence-corrected chi connectivity index (χ2v) is 21.2. The summed E-state index contributed by atoms with van der Waals surface area (Å²) in [5.74, 6) is 2.83. The summed E-state index contributed by atoms with van der Waals surface area (Å²) in [7, 11) is 0. The maximum absolute atomic E-state index is 2.31. The van der Waals surface area contributed by atoms with Gasteiger partial charge in [-0.1, -0.05) is 348 Å². The van der Waals surface area contributed by atoms with Crippen LogP contribution in [0.25, 0.3) is 0 Å². The first-order valence-electron chi connectivity index (χ1n) is 29.0. The van der Waals surface area contributed by atoms with E-state index in [1.54, 1.807) is 0 Å². The van der Waals surface area contributed by atoms with Crippen LogP contribution in [0.1, 0.15) is 361 Å². The van der Waals surface area contributed by atoms with Gasteiger partial charge < -0.3 is 0 Å². The van der Waals surface area contributed by atoms with Crippen LogP contribution in [-0.2, 0) is 0 Å². The molecule has 0 spiro atoms. The van der Waals surface area contributed by atoms with E-state index < -0.39 is 0 Å². The minimum atomic E-state index is 1.37. The van der Waals surface area contributed by atoms with Crippen molar-refractivity contribution < 1.29 is 0 Å². The van der Waals surface area contributed by atoms with E-state index in [0.717, 1.165) is 0 Å². The molecule has 0 amide bonds. The zero-order valence-corrected chi connectivity index (χ0v) is 42.8. The molecule has 0 radical (unpaired) electrons. The average Bonchev–Trinajstić information content (AvgIpc) is 3.25. The normalized spacial score (nSPS) is 11.7. The molecule has 0 fully saturated rings. The van der Waals surface area contributed by atoms with E-state index in [1.807, 2.05) is 0 Å². The minimum absolute atomic E-state index is 1.37. The zero-order chi connectivity index (χ0) is 42.3. The van der Waals surface area contributed by atoms with Crippen LogP contribution >= 0.6 is 11.8 Å². The Bertz CT molecular complexity index is 616. The maximum atomic E-state index is 2.31.